The number of fused-ring (bicyclic) bond motifs is 1. The molecule has 27 heavy (non-hydrogen) atoms. The van der Waals surface area contributed by atoms with Gasteiger partial charge in [-0.25, -0.2) is 4.39 Å². The molecule has 0 spiro atoms. The van der Waals surface area contributed by atoms with Gasteiger partial charge in [-0.2, -0.15) is 0 Å². The summed E-state index contributed by atoms with van der Waals surface area (Å²) in [5.74, 6) is -0.602. The predicted molar refractivity (Wildman–Crippen MR) is 104 cm³/mol. The molecule has 3 aromatic rings. The van der Waals surface area contributed by atoms with E-state index in [2.05, 4.69) is 15.6 Å². The minimum atomic E-state index is -0.321. The van der Waals surface area contributed by atoms with Crippen LogP contribution in [-0.2, 0) is 16.0 Å². The topological polar surface area (TPSA) is 77.2 Å². The first-order valence-electron chi connectivity index (χ1n) is 8.51. The summed E-state index contributed by atoms with van der Waals surface area (Å²) in [7, 11) is 3.64. The maximum absolute atomic E-state index is 13.2. The van der Waals surface area contributed by atoms with Crippen LogP contribution in [0.4, 0.5) is 15.8 Å². The zero-order valence-corrected chi connectivity index (χ0v) is 15.2. The summed E-state index contributed by atoms with van der Waals surface area (Å²) in [6.07, 6.45) is 1.89. The molecule has 6 nitrogen and oxygen atoms in total. The van der Waals surface area contributed by atoms with Crippen molar-refractivity contribution in [1.82, 2.24) is 9.88 Å². The Morgan fingerprint density at radius 2 is 1.63 bits per heavy atom. The molecule has 0 fully saturated rings. The highest BCUT2D eigenvalue weighted by atomic mass is 19.1. The molecule has 7 heteroatoms. The van der Waals surface area contributed by atoms with Crippen LogP contribution in [0.3, 0.4) is 0 Å². The molecule has 1 heterocycles. The third-order valence-electron chi connectivity index (χ3n) is 3.99. The van der Waals surface area contributed by atoms with E-state index in [0.29, 0.717) is 23.4 Å². The SMILES string of the molecule is CN(C)CC(=O)Nc1ccc(NC(=O)Cc2c[nH]c3cc(F)ccc23)cc1. The maximum Gasteiger partial charge on any atom is 0.238 e. The van der Waals surface area contributed by atoms with E-state index in [-0.39, 0.29) is 24.1 Å². The number of hydrogen-bond acceptors (Lipinski definition) is 3. The molecule has 2 aromatic carbocycles. The lowest BCUT2D eigenvalue weighted by atomic mass is 10.1. The van der Waals surface area contributed by atoms with Crippen molar-refractivity contribution in [3.63, 3.8) is 0 Å². The van der Waals surface area contributed by atoms with Gasteiger partial charge >= 0.3 is 0 Å². The minimum absolute atomic E-state index is 0.104. The first-order valence-corrected chi connectivity index (χ1v) is 8.51. The molecule has 0 aliphatic rings. The summed E-state index contributed by atoms with van der Waals surface area (Å²) in [6, 6.07) is 11.4. The quantitative estimate of drug-likeness (QED) is 0.626. The van der Waals surface area contributed by atoms with Crippen LogP contribution in [0.1, 0.15) is 5.56 Å². The lowest BCUT2D eigenvalue weighted by Crippen LogP contribution is -2.27. The van der Waals surface area contributed by atoms with Crippen molar-refractivity contribution in [2.24, 2.45) is 0 Å². The van der Waals surface area contributed by atoms with Gasteiger partial charge in [-0.05, 0) is 62.1 Å². The molecule has 3 N–H and O–H groups in total. The van der Waals surface area contributed by atoms with Crippen LogP contribution < -0.4 is 10.6 Å². The van der Waals surface area contributed by atoms with E-state index < -0.39 is 0 Å². The second-order valence-corrected chi connectivity index (χ2v) is 6.59. The zero-order chi connectivity index (χ0) is 19.4. The number of benzene rings is 2. The first kappa shape index (κ1) is 18.6. The summed E-state index contributed by atoms with van der Waals surface area (Å²) in [5.41, 5.74) is 2.76. The van der Waals surface area contributed by atoms with E-state index in [9.17, 15) is 14.0 Å². The van der Waals surface area contributed by atoms with Gasteiger partial charge < -0.3 is 20.5 Å². The van der Waals surface area contributed by atoms with Gasteiger partial charge in [0.1, 0.15) is 5.82 Å². The minimum Gasteiger partial charge on any atom is -0.361 e. The van der Waals surface area contributed by atoms with E-state index in [1.165, 1.54) is 12.1 Å². The molecule has 0 saturated heterocycles. The van der Waals surface area contributed by atoms with E-state index in [0.717, 1.165) is 10.9 Å². The zero-order valence-electron chi connectivity index (χ0n) is 15.2. The summed E-state index contributed by atoms with van der Waals surface area (Å²) in [4.78, 5) is 28.8. The number of aromatic amines is 1. The Morgan fingerprint density at radius 3 is 2.26 bits per heavy atom. The van der Waals surface area contributed by atoms with Crippen molar-refractivity contribution < 1.29 is 14.0 Å². The molecule has 0 unspecified atom stereocenters. The Kier molecular flexibility index (Phi) is 5.52. The Balaban J connectivity index is 1.59. The fourth-order valence-corrected chi connectivity index (χ4v) is 2.81. The number of nitrogens with one attached hydrogen (secondary N) is 3. The number of likely N-dealkylation sites (N-methyl/N-ethyl adjacent to an activating group) is 1. The first-order chi connectivity index (χ1) is 12.9. The number of aromatic nitrogens is 1. The summed E-state index contributed by atoms with van der Waals surface area (Å²) < 4.78 is 13.2. The van der Waals surface area contributed by atoms with Crippen LogP contribution in [0.15, 0.2) is 48.7 Å². The Labute approximate surface area is 156 Å². The van der Waals surface area contributed by atoms with Gasteiger partial charge in [0, 0.05) is 28.5 Å². The van der Waals surface area contributed by atoms with Gasteiger partial charge in [0.05, 0.1) is 13.0 Å². The van der Waals surface area contributed by atoms with Crippen LogP contribution in [0.5, 0.6) is 0 Å². The highest BCUT2D eigenvalue weighted by molar-refractivity contribution is 5.96. The molecule has 2 amide bonds. The molecule has 3 rings (SSSR count). The Hall–Kier alpha value is -3.19. The summed E-state index contributed by atoms with van der Waals surface area (Å²) in [6.45, 7) is 0.299. The van der Waals surface area contributed by atoms with Gasteiger partial charge in [-0.1, -0.05) is 0 Å². The standard InChI is InChI=1S/C20H21FN4O2/c1-25(2)12-20(27)24-16-6-4-15(5-7-16)23-19(26)9-13-11-22-18-10-14(21)3-8-17(13)18/h3-8,10-11,22H,9,12H2,1-2H3,(H,23,26)(H,24,27). The molecule has 1 aromatic heterocycles. The molecular weight excluding hydrogens is 347 g/mol. The Morgan fingerprint density at radius 1 is 1.00 bits per heavy atom. The lowest BCUT2D eigenvalue weighted by Gasteiger charge is -2.11. The van der Waals surface area contributed by atoms with Gasteiger partial charge in [-0.15, -0.1) is 0 Å². The van der Waals surface area contributed by atoms with E-state index in [4.69, 9.17) is 0 Å². The highest BCUT2D eigenvalue weighted by Crippen LogP contribution is 2.20. The normalized spacial score (nSPS) is 11.0. The van der Waals surface area contributed by atoms with Crippen molar-refractivity contribution in [2.75, 3.05) is 31.3 Å². The van der Waals surface area contributed by atoms with Gasteiger partial charge in [0.15, 0.2) is 0 Å². The lowest BCUT2D eigenvalue weighted by molar-refractivity contribution is -0.117. The van der Waals surface area contributed by atoms with Crippen molar-refractivity contribution in [3.05, 3.63) is 60.0 Å². The third-order valence-corrected chi connectivity index (χ3v) is 3.99. The van der Waals surface area contributed by atoms with Crippen LogP contribution in [-0.4, -0.2) is 42.3 Å². The fraction of sp³-hybridized carbons (Fsp3) is 0.200. The molecule has 140 valence electrons. The van der Waals surface area contributed by atoms with Crippen LogP contribution >= 0.6 is 0 Å². The fourth-order valence-electron chi connectivity index (χ4n) is 2.81. The molecular formula is C20H21FN4O2. The molecule has 0 aliphatic heterocycles. The number of nitrogens with zero attached hydrogens (tertiary/aromatic N) is 1. The monoisotopic (exact) mass is 368 g/mol. The number of H-pyrrole nitrogens is 1. The van der Waals surface area contributed by atoms with Crippen molar-refractivity contribution in [2.45, 2.75) is 6.42 Å². The van der Waals surface area contributed by atoms with Gasteiger partial charge in [0.2, 0.25) is 11.8 Å². The Bertz CT molecular complexity index is 964. The number of carbonyl (C=O) groups excluding carboxylic acids is 2. The van der Waals surface area contributed by atoms with Crippen LogP contribution in [0.25, 0.3) is 10.9 Å². The van der Waals surface area contributed by atoms with E-state index >= 15 is 0 Å². The van der Waals surface area contributed by atoms with E-state index in [1.807, 2.05) is 14.1 Å². The largest absolute Gasteiger partial charge is 0.361 e. The third kappa shape index (κ3) is 4.92. The number of amides is 2. The molecule has 0 atom stereocenters. The number of anilines is 2. The second kappa shape index (κ2) is 8.01. The molecule has 0 bridgehead atoms. The second-order valence-electron chi connectivity index (χ2n) is 6.59. The van der Waals surface area contributed by atoms with Crippen LogP contribution in [0.2, 0.25) is 0 Å². The highest BCUT2D eigenvalue weighted by Gasteiger charge is 2.10. The molecule has 0 aliphatic carbocycles. The number of halogens is 1. The summed E-state index contributed by atoms with van der Waals surface area (Å²) >= 11 is 0. The molecule has 0 saturated carbocycles. The van der Waals surface area contributed by atoms with Crippen molar-refractivity contribution in [3.8, 4) is 0 Å². The van der Waals surface area contributed by atoms with Crippen molar-refractivity contribution in [1.29, 1.82) is 0 Å². The summed E-state index contributed by atoms with van der Waals surface area (Å²) in [5, 5.41) is 6.43. The number of carbonyl (C=O) groups is 2. The smallest absolute Gasteiger partial charge is 0.238 e. The molecule has 0 radical (unpaired) electrons. The van der Waals surface area contributed by atoms with Crippen molar-refractivity contribution >= 4 is 34.1 Å². The predicted octanol–water partition coefficient (Wildman–Crippen LogP) is 2.99. The number of hydrogen-bond donors (Lipinski definition) is 3. The maximum atomic E-state index is 13.2. The van der Waals surface area contributed by atoms with Gasteiger partial charge in [-0.3, -0.25) is 9.59 Å². The number of rotatable bonds is 6. The van der Waals surface area contributed by atoms with Crippen LogP contribution in [0, 0.1) is 5.82 Å². The average Bonchev–Trinajstić information content (AvgIpc) is 2.97. The van der Waals surface area contributed by atoms with E-state index in [1.54, 1.807) is 41.4 Å². The average molecular weight is 368 g/mol. The van der Waals surface area contributed by atoms with Gasteiger partial charge in [0.25, 0.3) is 0 Å².